The van der Waals surface area contributed by atoms with Gasteiger partial charge in [-0.2, -0.15) is 0 Å². The van der Waals surface area contributed by atoms with Crippen LogP contribution < -0.4 is 4.74 Å². The van der Waals surface area contributed by atoms with E-state index < -0.39 is 25.9 Å². The third-order valence-electron chi connectivity index (χ3n) is 5.45. The van der Waals surface area contributed by atoms with Crippen molar-refractivity contribution in [2.45, 2.75) is 41.8 Å². The van der Waals surface area contributed by atoms with E-state index >= 15 is 0 Å². The normalized spacial score (nSPS) is 32.1. The average Bonchev–Trinajstić information content (AvgIpc) is 2.72. The Morgan fingerprint density at radius 2 is 1.74 bits per heavy atom. The zero-order valence-electron chi connectivity index (χ0n) is 13.0. The first kappa shape index (κ1) is 15.0. The lowest BCUT2D eigenvalue weighted by molar-refractivity contribution is 0.0167. The van der Waals surface area contributed by atoms with Crippen molar-refractivity contribution in [2.24, 2.45) is 0 Å². The monoisotopic (exact) mass is 332 g/mol. The van der Waals surface area contributed by atoms with Crippen LogP contribution in [0.15, 0.2) is 36.4 Å². The van der Waals surface area contributed by atoms with E-state index in [0.717, 1.165) is 16.3 Å². The van der Waals surface area contributed by atoms with Crippen LogP contribution in [-0.2, 0) is 15.4 Å². The zero-order chi connectivity index (χ0) is 16.2. The van der Waals surface area contributed by atoms with Crippen LogP contribution >= 0.6 is 0 Å². The summed E-state index contributed by atoms with van der Waals surface area (Å²) in [6, 6.07) is 11.7. The van der Waals surface area contributed by atoms with Gasteiger partial charge in [0.05, 0.1) is 23.2 Å². The van der Waals surface area contributed by atoms with E-state index in [1.807, 2.05) is 36.4 Å². The van der Waals surface area contributed by atoms with E-state index in [-0.39, 0.29) is 12.8 Å². The van der Waals surface area contributed by atoms with E-state index in [1.165, 1.54) is 0 Å². The van der Waals surface area contributed by atoms with E-state index in [9.17, 15) is 13.5 Å². The quantitative estimate of drug-likeness (QED) is 0.918. The van der Waals surface area contributed by atoms with Crippen LogP contribution in [0, 0.1) is 0 Å². The van der Waals surface area contributed by atoms with Gasteiger partial charge in [-0.05, 0) is 42.5 Å². The molecular formula is C18H20O4S. The second-order valence-corrected chi connectivity index (χ2v) is 9.23. The Labute approximate surface area is 136 Å². The summed E-state index contributed by atoms with van der Waals surface area (Å²) in [5, 5.41) is 12.5. The highest BCUT2D eigenvalue weighted by atomic mass is 32.2. The van der Waals surface area contributed by atoms with Gasteiger partial charge in [-0.1, -0.05) is 30.3 Å². The smallest absolute Gasteiger partial charge is 0.156 e. The molecular weight excluding hydrogens is 312 g/mol. The lowest BCUT2D eigenvalue weighted by atomic mass is 9.82. The molecule has 2 saturated heterocycles. The van der Waals surface area contributed by atoms with Crippen LogP contribution in [0.5, 0.6) is 5.75 Å². The van der Waals surface area contributed by atoms with Gasteiger partial charge in [0.25, 0.3) is 0 Å². The van der Waals surface area contributed by atoms with Gasteiger partial charge in [-0.15, -0.1) is 0 Å². The molecule has 2 bridgehead atoms. The summed E-state index contributed by atoms with van der Waals surface area (Å²) in [5.74, 6) is 0.630. The van der Waals surface area contributed by atoms with Crippen molar-refractivity contribution in [3.63, 3.8) is 0 Å². The average molecular weight is 332 g/mol. The topological polar surface area (TPSA) is 63.6 Å². The third kappa shape index (κ3) is 2.10. The molecule has 1 N–H and O–H groups in total. The molecule has 2 aliphatic rings. The van der Waals surface area contributed by atoms with Gasteiger partial charge in [-0.3, -0.25) is 0 Å². The first-order valence-corrected chi connectivity index (χ1v) is 9.58. The summed E-state index contributed by atoms with van der Waals surface area (Å²) < 4.78 is 30.2. The fraction of sp³-hybridized carbons (Fsp3) is 0.444. The molecule has 0 aromatic heterocycles. The first-order chi connectivity index (χ1) is 11.0. The Hall–Kier alpha value is -1.59. The number of sulfone groups is 1. The number of ether oxygens (including phenoxy) is 1. The van der Waals surface area contributed by atoms with E-state index in [2.05, 4.69) is 0 Å². The van der Waals surface area contributed by atoms with Gasteiger partial charge < -0.3 is 9.84 Å². The fourth-order valence-electron chi connectivity index (χ4n) is 4.35. The highest BCUT2D eigenvalue weighted by Gasteiger charge is 2.54. The number of methoxy groups -OCH3 is 1. The van der Waals surface area contributed by atoms with Gasteiger partial charge >= 0.3 is 0 Å². The summed E-state index contributed by atoms with van der Waals surface area (Å²) in [5.41, 5.74) is -0.409. The molecule has 0 aliphatic carbocycles. The Morgan fingerprint density at radius 1 is 1.09 bits per heavy atom. The van der Waals surface area contributed by atoms with Crippen molar-refractivity contribution in [1.29, 1.82) is 0 Å². The lowest BCUT2D eigenvalue weighted by Gasteiger charge is -2.38. The maximum absolute atomic E-state index is 12.4. The maximum Gasteiger partial charge on any atom is 0.156 e. The molecule has 0 radical (unpaired) electrons. The minimum absolute atomic E-state index is 0.260. The van der Waals surface area contributed by atoms with Gasteiger partial charge in [0, 0.05) is 5.56 Å². The number of fused-ring (bicyclic) bond motifs is 3. The van der Waals surface area contributed by atoms with Crippen molar-refractivity contribution < 1.29 is 18.3 Å². The number of rotatable bonds is 2. The molecule has 122 valence electrons. The van der Waals surface area contributed by atoms with Crippen LogP contribution in [0.3, 0.4) is 0 Å². The molecule has 23 heavy (non-hydrogen) atoms. The van der Waals surface area contributed by atoms with Gasteiger partial charge in [0.2, 0.25) is 0 Å². The van der Waals surface area contributed by atoms with E-state index in [1.54, 1.807) is 7.11 Å². The molecule has 2 fully saturated rings. The van der Waals surface area contributed by atoms with Crippen molar-refractivity contribution >= 4 is 20.6 Å². The minimum Gasteiger partial charge on any atom is -0.496 e. The van der Waals surface area contributed by atoms with Crippen LogP contribution in [0.2, 0.25) is 0 Å². The van der Waals surface area contributed by atoms with Crippen molar-refractivity contribution in [2.75, 3.05) is 7.11 Å². The molecule has 0 saturated carbocycles. The summed E-state index contributed by atoms with van der Waals surface area (Å²) in [6.45, 7) is 0. The highest BCUT2D eigenvalue weighted by Crippen LogP contribution is 2.51. The third-order valence-corrected chi connectivity index (χ3v) is 8.11. The number of hydrogen-bond donors (Lipinski definition) is 1. The summed E-state index contributed by atoms with van der Waals surface area (Å²) in [6.07, 6.45) is 1.83. The standard InChI is InChI=1S/C18H20O4S/c1-22-16-9-6-12-4-2-3-5-15(12)17(16)18(19)10-13-7-8-14(11-18)23(13,20)21/h2-6,9,13-14,19H,7-8,10-11H2,1H3. The summed E-state index contributed by atoms with van der Waals surface area (Å²) in [7, 11) is -1.49. The van der Waals surface area contributed by atoms with Gasteiger partial charge in [0.1, 0.15) is 5.75 Å². The maximum atomic E-state index is 12.4. The van der Waals surface area contributed by atoms with Crippen molar-refractivity contribution in [3.05, 3.63) is 42.0 Å². The SMILES string of the molecule is COc1ccc2ccccc2c1C1(O)CC2CCC(C1)S2(=O)=O. The second-order valence-electron chi connectivity index (χ2n) is 6.71. The largest absolute Gasteiger partial charge is 0.496 e. The summed E-state index contributed by atoms with van der Waals surface area (Å²) >= 11 is 0. The molecule has 4 rings (SSSR count). The molecule has 5 heteroatoms. The Morgan fingerprint density at radius 3 is 2.39 bits per heavy atom. The van der Waals surface area contributed by atoms with Crippen molar-refractivity contribution in [1.82, 2.24) is 0 Å². The predicted octanol–water partition coefficient (Wildman–Crippen LogP) is 2.78. The molecule has 2 aromatic carbocycles. The van der Waals surface area contributed by atoms with Crippen LogP contribution in [0.25, 0.3) is 10.8 Å². The molecule has 2 atom stereocenters. The molecule has 2 aliphatic heterocycles. The predicted molar refractivity (Wildman–Crippen MR) is 89.4 cm³/mol. The van der Waals surface area contributed by atoms with Crippen LogP contribution in [0.4, 0.5) is 0 Å². The Balaban J connectivity index is 1.92. The van der Waals surface area contributed by atoms with Crippen LogP contribution in [-0.4, -0.2) is 31.1 Å². The molecule has 2 unspecified atom stereocenters. The van der Waals surface area contributed by atoms with Crippen LogP contribution in [0.1, 0.15) is 31.2 Å². The summed E-state index contributed by atoms with van der Waals surface area (Å²) in [4.78, 5) is 0. The number of aliphatic hydroxyl groups is 1. The van der Waals surface area contributed by atoms with Crippen molar-refractivity contribution in [3.8, 4) is 5.75 Å². The molecule has 2 heterocycles. The molecule has 0 spiro atoms. The Bertz CT molecular complexity index is 852. The highest BCUT2D eigenvalue weighted by molar-refractivity contribution is 7.93. The first-order valence-electron chi connectivity index (χ1n) is 7.97. The molecule has 2 aromatic rings. The van der Waals surface area contributed by atoms with Gasteiger partial charge in [-0.25, -0.2) is 8.42 Å². The molecule has 4 nitrogen and oxygen atoms in total. The fourth-order valence-corrected chi connectivity index (χ4v) is 6.84. The van der Waals surface area contributed by atoms with E-state index in [4.69, 9.17) is 4.74 Å². The zero-order valence-corrected chi connectivity index (χ0v) is 13.8. The lowest BCUT2D eigenvalue weighted by Crippen LogP contribution is -2.43. The second kappa shape index (κ2) is 4.95. The van der Waals surface area contributed by atoms with Gasteiger partial charge in [0.15, 0.2) is 9.84 Å². The number of benzene rings is 2. The number of hydrogen-bond acceptors (Lipinski definition) is 4. The minimum atomic E-state index is -3.08. The Kier molecular flexibility index (Phi) is 3.22. The molecule has 0 amide bonds. The van der Waals surface area contributed by atoms with E-state index in [0.29, 0.717) is 18.6 Å².